The molecule has 0 bridgehead atoms. The number of fused-ring (bicyclic) bond motifs is 1. The molecule has 1 saturated heterocycles. The number of alkyl halides is 3. The van der Waals surface area contributed by atoms with Crippen molar-refractivity contribution in [1.29, 1.82) is 0 Å². The predicted molar refractivity (Wildman–Crippen MR) is 144 cm³/mol. The molecule has 0 spiro atoms. The van der Waals surface area contributed by atoms with Crippen molar-refractivity contribution in [2.75, 3.05) is 49.8 Å². The quantitative estimate of drug-likeness (QED) is 0.252. The molecular formula is C27H25F6N7O3. The molecule has 0 atom stereocenters. The van der Waals surface area contributed by atoms with E-state index in [1.54, 1.807) is 0 Å². The third-order valence-corrected chi connectivity index (χ3v) is 6.84. The predicted octanol–water partition coefficient (Wildman–Crippen LogP) is 5.04. The summed E-state index contributed by atoms with van der Waals surface area (Å²) < 4.78 is 96.5. The van der Waals surface area contributed by atoms with Crippen molar-refractivity contribution in [1.82, 2.24) is 19.5 Å². The van der Waals surface area contributed by atoms with Crippen LogP contribution in [-0.2, 0) is 28.8 Å². The van der Waals surface area contributed by atoms with E-state index in [9.17, 15) is 22.4 Å². The van der Waals surface area contributed by atoms with Crippen LogP contribution in [0.2, 0.25) is 0 Å². The summed E-state index contributed by atoms with van der Waals surface area (Å²) in [5, 5.41) is 8.19. The number of aromatic nitrogens is 3. The fourth-order valence-corrected chi connectivity index (χ4v) is 4.85. The number of anilines is 3. The van der Waals surface area contributed by atoms with Crippen molar-refractivity contribution >= 4 is 28.7 Å². The lowest BCUT2D eigenvalue weighted by Crippen LogP contribution is -2.36. The average Bonchev–Trinajstić information content (AvgIpc) is 3.25. The Morgan fingerprint density at radius 2 is 1.74 bits per heavy atom. The molecule has 0 aliphatic carbocycles. The molecule has 3 heterocycles. The maximum absolute atomic E-state index is 15.7. The molecule has 4 aromatic rings. The first kappa shape index (κ1) is 30.1. The first-order chi connectivity index (χ1) is 20.5. The van der Waals surface area contributed by atoms with Gasteiger partial charge in [-0.05, 0) is 24.3 Å². The summed E-state index contributed by atoms with van der Waals surface area (Å²) >= 11 is 0. The van der Waals surface area contributed by atoms with Crippen LogP contribution in [-0.4, -0.2) is 58.9 Å². The van der Waals surface area contributed by atoms with Crippen molar-refractivity contribution in [2.45, 2.75) is 19.3 Å². The second-order valence-corrected chi connectivity index (χ2v) is 9.61. The number of hydrogen-bond acceptors (Lipinski definition) is 7. The fraction of sp³-hybridized carbons (Fsp3) is 0.296. The number of nitrogen functional groups attached to an aromatic ring is 1. The molecule has 2 aromatic carbocycles. The van der Waals surface area contributed by atoms with Gasteiger partial charge in [-0.1, -0.05) is 0 Å². The Hall–Kier alpha value is -4.41. The van der Waals surface area contributed by atoms with E-state index in [1.807, 2.05) is 10.6 Å². The van der Waals surface area contributed by atoms with E-state index in [-0.39, 0.29) is 29.1 Å². The van der Waals surface area contributed by atoms with Crippen LogP contribution in [0.25, 0.3) is 16.6 Å². The van der Waals surface area contributed by atoms with Gasteiger partial charge in [-0.25, -0.2) is 27.5 Å². The van der Waals surface area contributed by atoms with E-state index in [0.717, 1.165) is 6.07 Å². The molecular weight excluding hydrogens is 584 g/mol. The lowest BCUT2D eigenvalue weighted by atomic mass is 9.99. The Morgan fingerprint density at radius 1 is 1.05 bits per heavy atom. The number of ether oxygens (including phenoxy) is 2. The van der Waals surface area contributed by atoms with Crippen molar-refractivity contribution in [3.05, 3.63) is 70.9 Å². The Bertz CT molecular complexity index is 1670. The number of morpholine rings is 1. The average molecular weight is 610 g/mol. The number of carbonyl (C=O) groups excluding carboxylic acids is 1. The number of rotatable bonds is 7. The van der Waals surface area contributed by atoms with Crippen molar-refractivity contribution in [3.63, 3.8) is 0 Å². The number of urea groups is 1. The summed E-state index contributed by atoms with van der Waals surface area (Å²) in [5.41, 5.74) is 4.78. The first-order valence-electron chi connectivity index (χ1n) is 12.8. The van der Waals surface area contributed by atoms with Gasteiger partial charge in [0.25, 0.3) is 0 Å². The van der Waals surface area contributed by atoms with Gasteiger partial charge in [-0.2, -0.15) is 18.3 Å². The lowest BCUT2D eigenvalue weighted by molar-refractivity contribution is -0.137. The minimum atomic E-state index is -4.80. The summed E-state index contributed by atoms with van der Waals surface area (Å²) in [6.07, 6.45) is -3.56. The Labute approximate surface area is 240 Å². The Kier molecular flexibility index (Phi) is 8.43. The number of nitrogens with one attached hydrogen (secondary N) is 2. The highest BCUT2D eigenvalue weighted by Gasteiger charge is 2.32. The maximum atomic E-state index is 15.7. The van der Waals surface area contributed by atoms with Crippen LogP contribution in [0.4, 0.5) is 48.3 Å². The third kappa shape index (κ3) is 6.21. The highest BCUT2D eigenvalue weighted by molar-refractivity contribution is 6.00. The van der Waals surface area contributed by atoms with E-state index in [2.05, 4.69) is 15.0 Å². The van der Waals surface area contributed by atoms with Crippen LogP contribution in [0.1, 0.15) is 16.8 Å². The zero-order chi connectivity index (χ0) is 30.9. The van der Waals surface area contributed by atoms with Gasteiger partial charge in [0.15, 0.2) is 5.82 Å². The van der Waals surface area contributed by atoms with Gasteiger partial charge in [0.05, 0.1) is 42.5 Å². The molecule has 2 amide bonds. The Balaban J connectivity index is 1.50. The number of amides is 2. The molecule has 5 rings (SSSR count). The largest absolute Gasteiger partial charge is 0.416 e. The van der Waals surface area contributed by atoms with Gasteiger partial charge >= 0.3 is 12.2 Å². The van der Waals surface area contributed by atoms with Gasteiger partial charge in [-0.15, -0.1) is 0 Å². The minimum absolute atomic E-state index is 0.0000758. The number of nitrogens with zero attached hydrogens (tertiary/aromatic N) is 4. The van der Waals surface area contributed by atoms with Crippen LogP contribution in [0.15, 0.2) is 36.7 Å². The number of halogens is 6. The molecule has 228 valence electrons. The summed E-state index contributed by atoms with van der Waals surface area (Å²) in [7, 11) is 1.44. The number of methoxy groups -OCH3 is 1. The molecule has 2 aromatic heterocycles. The fourth-order valence-electron chi connectivity index (χ4n) is 4.85. The van der Waals surface area contributed by atoms with E-state index >= 15 is 8.78 Å². The minimum Gasteiger partial charge on any atom is -0.382 e. The molecule has 1 aliphatic rings. The summed E-state index contributed by atoms with van der Waals surface area (Å²) in [4.78, 5) is 18.6. The van der Waals surface area contributed by atoms with Crippen molar-refractivity contribution < 1.29 is 40.6 Å². The number of hydrogen-bond donors (Lipinski definition) is 3. The van der Waals surface area contributed by atoms with Gasteiger partial charge in [0, 0.05) is 49.5 Å². The van der Waals surface area contributed by atoms with Crippen molar-refractivity contribution in [2.24, 2.45) is 0 Å². The molecule has 0 radical (unpaired) electrons. The highest BCUT2D eigenvalue weighted by Crippen LogP contribution is 2.39. The molecule has 0 unspecified atom stereocenters. The highest BCUT2D eigenvalue weighted by atomic mass is 19.4. The Morgan fingerprint density at radius 3 is 2.42 bits per heavy atom. The second-order valence-electron chi connectivity index (χ2n) is 9.61. The van der Waals surface area contributed by atoms with Crippen LogP contribution in [0.3, 0.4) is 0 Å². The normalized spacial score (nSPS) is 14.3. The maximum Gasteiger partial charge on any atom is 0.416 e. The molecule has 10 nitrogen and oxygen atoms in total. The summed E-state index contributed by atoms with van der Waals surface area (Å²) in [6.45, 7) is 2.67. The van der Waals surface area contributed by atoms with Gasteiger partial charge in [0.2, 0.25) is 0 Å². The number of benzene rings is 2. The smallest absolute Gasteiger partial charge is 0.382 e. The van der Waals surface area contributed by atoms with Gasteiger partial charge in [0.1, 0.15) is 29.3 Å². The zero-order valence-corrected chi connectivity index (χ0v) is 22.6. The summed E-state index contributed by atoms with van der Waals surface area (Å²) in [6, 6.07) is 1.62. The van der Waals surface area contributed by atoms with E-state index < -0.39 is 46.6 Å². The SMILES string of the molecule is COCc1c(-c2cc(F)c(NC(=O)Nc3cc(C(F)(F)F)ccc3F)cc2F)c2c(N)ncnn2c1CN1CCOCC1. The van der Waals surface area contributed by atoms with Gasteiger partial charge < -0.3 is 25.8 Å². The number of carbonyl (C=O) groups is 1. The summed E-state index contributed by atoms with van der Waals surface area (Å²) in [5.74, 6) is -3.24. The zero-order valence-electron chi connectivity index (χ0n) is 22.6. The topological polar surface area (TPSA) is 119 Å². The van der Waals surface area contributed by atoms with E-state index in [1.165, 1.54) is 18.0 Å². The van der Waals surface area contributed by atoms with Crippen molar-refractivity contribution in [3.8, 4) is 11.1 Å². The first-order valence-corrected chi connectivity index (χ1v) is 12.8. The monoisotopic (exact) mass is 609 g/mol. The molecule has 4 N–H and O–H groups in total. The molecule has 1 aliphatic heterocycles. The molecule has 16 heteroatoms. The van der Waals surface area contributed by atoms with Gasteiger partial charge in [-0.3, -0.25) is 4.90 Å². The van der Waals surface area contributed by atoms with E-state index in [0.29, 0.717) is 68.4 Å². The number of nitrogens with two attached hydrogens (primary N) is 1. The second kappa shape index (κ2) is 12.1. The third-order valence-electron chi connectivity index (χ3n) is 6.84. The lowest BCUT2D eigenvalue weighted by Gasteiger charge is -2.26. The van der Waals surface area contributed by atoms with Crippen LogP contribution < -0.4 is 16.4 Å². The molecule has 0 saturated carbocycles. The standard InChI is InChI=1S/C27H25F6N7O3/c1-42-12-16-22(11-39-4-6-43-7-5-39)40-24(25(34)35-13-36-40)23(16)15-9-19(30)21(10-18(15)29)38-26(41)37-20-8-14(27(31,32)33)2-3-17(20)28/h2-3,8-10,13H,4-7,11-12H2,1H3,(H2,34,35,36)(H2,37,38,41). The molecule has 43 heavy (non-hydrogen) atoms. The van der Waals surface area contributed by atoms with E-state index in [4.69, 9.17) is 15.2 Å². The van der Waals surface area contributed by atoms with Crippen LogP contribution >= 0.6 is 0 Å². The van der Waals surface area contributed by atoms with Crippen LogP contribution in [0, 0.1) is 17.5 Å². The van der Waals surface area contributed by atoms with Crippen LogP contribution in [0.5, 0.6) is 0 Å². The molecule has 1 fully saturated rings.